The zero-order chi connectivity index (χ0) is 15.2. The predicted molar refractivity (Wildman–Crippen MR) is 85.3 cm³/mol. The molecule has 1 unspecified atom stereocenters. The minimum Gasteiger partial charge on any atom is -0.496 e. The van der Waals surface area contributed by atoms with Crippen LogP contribution in [0.15, 0.2) is 6.07 Å². The van der Waals surface area contributed by atoms with E-state index in [-0.39, 0.29) is 6.10 Å². The number of fused-ring (bicyclic) bond motifs is 1. The third-order valence-electron chi connectivity index (χ3n) is 4.16. The molecule has 2 rings (SSSR count). The van der Waals surface area contributed by atoms with Crippen molar-refractivity contribution < 1.29 is 14.2 Å². The Kier molecular flexibility index (Phi) is 5.92. The van der Waals surface area contributed by atoms with Crippen molar-refractivity contribution in [1.82, 2.24) is 0 Å². The molecule has 1 heterocycles. The summed E-state index contributed by atoms with van der Waals surface area (Å²) in [5, 5.41) is 0. The highest BCUT2D eigenvalue weighted by atomic mass is 16.5. The summed E-state index contributed by atoms with van der Waals surface area (Å²) in [6.45, 7) is 7.82. The monoisotopic (exact) mass is 292 g/mol. The van der Waals surface area contributed by atoms with E-state index in [0.29, 0.717) is 6.61 Å². The van der Waals surface area contributed by atoms with Crippen molar-refractivity contribution in [3.63, 3.8) is 0 Å². The first-order chi connectivity index (χ1) is 10.2. The molecule has 118 valence electrons. The van der Waals surface area contributed by atoms with Crippen LogP contribution in [0.1, 0.15) is 56.2 Å². The maximum Gasteiger partial charge on any atom is 0.131 e. The van der Waals surface area contributed by atoms with Crippen molar-refractivity contribution in [3.8, 4) is 11.5 Å². The third kappa shape index (κ3) is 3.91. The van der Waals surface area contributed by atoms with Crippen LogP contribution in [-0.2, 0) is 17.8 Å². The van der Waals surface area contributed by atoms with Gasteiger partial charge in [-0.1, -0.05) is 26.2 Å². The van der Waals surface area contributed by atoms with E-state index in [1.54, 1.807) is 7.11 Å². The molecule has 0 N–H and O–H groups in total. The van der Waals surface area contributed by atoms with Crippen LogP contribution in [0.4, 0.5) is 0 Å². The smallest absolute Gasteiger partial charge is 0.131 e. The zero-order valence-corrected chi connectivity index (χ0v) is 13.8. The van der Waals surface area contributed by atoms with E-state index >= 15 is 0 Å². The minimum atomic E-state index is 0.266. The molecule has 1 aromatic carbocycles. The van der Waals surface area contributed by atoms with Gasteiger partial charge in [-0.2, -0.15) is 0 Å². The normalized spacial score (nSPS) is 17.4. The molecule has 1 aromatic rings. The molecule has 0 saturated heterocycles. The number of unbranched alkanes of at least 4 members (excludes halogenated alkanes) is 3. The third-order valence-corrected chi connectivity index (χ3v) is 4.16. The van der Waals surface area contributed by atoms with Crippen LogP contribution in [-0.4, -0.2) is 19.8 Å². The highest BCUT2D eigenvalue weighted by Crippen LogP contribution is 2.38. The first kappa shape index (κ1) is 16.2. The van der Waals surface area contributed by atoms with Crippen LogP contribution in [0, 0.1) is 6.92 Å². The Hall–Kier alpha value is -1.22. The average Bonchev–Trinajstić information content (AvgIpc) is 2.48. The molecule has 0 amide bonds. The van der Waals surface area contributed by atoms with Gasteiger partial charge in [0.2, 0.25) is 0 Å². The van der Waals surface area contributed by atoms with Crippen molar-refractivity contribution >= 4 is 0 Å². The van der Waals surface area contributed by atoms with Gasteiger partial charge in [-0.05, 0) is 38.3 Å². The standard InChI is InChI=1S/C18H28O3/c1-5-6-7-8-9-20-18-14(3)17(19-4)11-15-10-13(2)21-12-16(15)18/h11,13H,5-10,12H2,1-4H3. The summed E-state index contributed by atoms with van der Waals surface area (Å²) in [7, 11) is 1.72. The van der Waals surface area contributed by atoms with E-state index in [0.717, 1.165) is 36.5 Å². The highest BCUT2D eigenvalue weighted by molar-refractivity contribution is 5.54. The molecule has 3 nitrogen and oxygen atoms in total. The summed E-state index contributed by atoms with van der Waals surface area (Å²) in [6, 6.07) is 2.15. The van der Waals surface area contributed by atoms with Gasteiger partial charge in [-0.15, -0.1) is 0 Å². The SMILES string of the molecule is CCCCCCOc1c(C)c(OC)cc2c1COC(C)C2. The van der Waals surface area contributed by atoms with E-state index in [4.69, 9.17) is 14.2 Å². The van der Waals surface area contributed by atoms with Crippen molar-refractivity contribution in [2.75, 3.05) is 13.7 Å². The molecule has 0 spiro atoms. The molecule has 3 heteroatoms. The van der Waals surface area contributed by atoms with Crippen molar-refractivity contribution in [2.24, 2.45) is 0 Å². The fraction of sp³-hybridized carbons (Fsp3) is 0.667. The average molecular weight is 292 g/mol. The topological polar surface area (TPSA) is 27.7 Å². The molecule has 21 heavy (non-hydrogen) atoms. The predicted octanol–water partition coefficient (Wildman–Crippen LogP) is 4.42. The van der Waals surface area contributed by atoms with Gasteiger partial charge in [-0.3, -0.25) is 0 Å². The summed E-state index contributed by atoms with van der Waals surface area (Å²) in [5.41, 5.74) is 3.60. The summed E-state index contributed by atoms with van der Waals surface area (Å²) in [6.07, 6.45) is 6.06. The zero-order valence-electron chi connectivity index (χ0n) is 13.8. The maximum absolute atomic E-state index is 6.10. The van der Waals surface area contributed by atoms with Crippen molar-refractivity contribution in [2.45, 2.75) is 65.6 Å². The lowest BCUT2D eigenvalue weighted by molar-refractivity contribution is 0.0390. The van der Waals surface area contributed by atoms with E-state index in [2.05, 4.69) is 26.8 Å². The molecule has 0 radical (unpaired) electrons. The van der Waals surface area contributed by atoms with E-state index < -0.39 is 0 Å². The molecule has 0 saturated carbocycles. The van der Waals surface area contributed by atoms with Crippen molar-refractivity contribution in [3.05, 3.63) is 22.8 Å². The minimum absolute atomic E-state index is 0.266. The van der Waals surface area contributed by atoms with Crippen LogP contribution in [0.25, 0.3) is 0 Å². The quantitative estimate of drug-likeness (QED) is 0.696. The second-order valence-corrected chi connectivity index (χ2v) is 5.91. The molecule has 0 aromatic heterocycles. The fourth-order valence-corrected chi connectivity index (χ4v) is 2.88. The summed E-state index contributed by atoms with van der Waals surface area (Å²) in [4.78, 5) is 0. The lowest BCUT2D eigenvalue weighted by Gasteiger charge is -2.26. The molecule has 1 aliphatic heterocycles. The Morgan fingerprint density at radius 1 is 1.29 bits per heavy atom. The van der Waals surface area contributed by atoms with Crippen LogP contribution >= 0.6 is 0 Å². The number of methoxy groups -OCH3 is 1. The van der Waals surface area contributed by atoms with Gasteiger partial charge in [-0.25, -0.2) is 0 Å². The summed E-state index contributed by atoms with van der Waals surface area (Å²) in [5.74, 6) is 1.90. The second-order valence-electron chi connectivity index (χ2n) is 5.91. The Balaban J connectivity index is 2.15. The Morgan fingerprint density at radius 3 is 2.81 bits per heavy atom. The molecular weight excluding hydrogens is 264 g/mol. The van der Waals surface area contributed by atoms with Gasteiger partial charge in [0.15, 0.2) is 0 Å². The van der Waals surface area contributed by atoms with E-state index in [1.807, 2.05) is 0 Å². The molecule has 0 bridgehead atoms. The molecule has 1 atom stereocenters. The van der Waals surface area contributed by atoms with E-state index in [1.165, 1.54) is 30.4 Å². The molecule has 0 aliphatic carbocycles. The van der Waals surface area contributed by atoms with Gasteiger partial charge >= 0.3 is 0 Å². The fourth-order valence-electron chi connectivity index (χ4n) is 2.88. The number of hydrogen-bond donors (Lipinski definition) is 0. The maximum atomic E-state index is 6.10. The number of benzene rings is 1. The second kappa shape index (κ2) is 7.69. The molecular formula is C18H28O3. The molecule has 1 aliphatic rings. The van der Waals surface area contributed by atoms with Crippen LogP contribution in [0.2, 0.25) is 0 Å². The first-order valence-electron chi connectivity index (χ1n) is 8.11. The number of ether oxygens (including phenoxy) is 3. The summed E-state index contributed by atoms with van der Waals surface area (Å²) >= 11 is 0. The Labute approximate surface area is 128 Å². The lowest BCUT2D eigenvalue weighted by Crippen LogP contribution is -2.20. The van der Waals surface area contributed by atoms with Crippen molar-refractivity contribution in [1.29, 1.82) is 0 Å². The number of rotatable bonds is 7. The summed E-state index contributed by atoms with van der Waals surface area (Å²) < 4.78 is 17.4. The van der Waals surface area contributed by atoms with Gasteiger partial charge in [0.1, 0.15) is 11.5 Å². The van der Waals surface area contributed by atoms with Gasteiger partial charge in [0.25, 0.3) is 0 Å². The van der Waals surface area contributed by atoms with Gasteiger partial charge < -0.3 is 14.2 Å². The highest BCUT2D eigenvalue weighted by Gasteiger charge is 2.23. The Morgan fingerprint density at radius 2 is 2.10 bits per heavy atom. The van der Waals surface area contributed by atoms with Crippen LogP contribution in [0.5, 0.6) is 11.5 Å². The largest absolute Gasteiger partial charge is 0.496 e. The van der Waals surface area contributed by atoms with E-state index in [9.17, 15) is 0 Å². The number of hydrogen-bond acceptors (Lipinski definition) is 3. The van der Waals surface area contributed by atoms with Gasteiger partial charge in [0, 0.05) is 11.1 Å². The van der Waals surface area contributed by atoms with Crippen LogP contribution < -0.4 is 9.47 Å². The Bertz CT molecular complexity index is 468. The first-order valence-corrected chi connectivity index (χ1v) is 8.11. The molecule has 0 fully saturated rings. The lowest BCUT2D eigenvalue weighted by atomic mass is 9.95. The van der Waals surface area contributed by atoms with Crippen LogP contribution in [0.3, 0.4) is 0 Å². The van der Waals surface area contributed by atoms with Gasteiger partial charge in [0.05, 0.1) is 26.4 Å².